The van der Waals surface area contributed by atoms with Crippen LogP contribution in [0, 0.1) is 5.92 Å². The molecule has 1 aromatic rings. The third-order valence-corrected chi connectivity index (χ3v) is 7.36. The van der Waals surface area contributed by atoms with Crippen LogP contribution in [0.2, 0.25) is 0 Å². The maximum atomic E-state index is 13.6. The van der Waals surface area contributed by atoms with E-state index in [2.05, 4.69) is 0 Å². The van der Waals surface area contributed by atoms with Crippen molar-refractivity contribution in [3.05, 3.63) is 30.3 Å². The average Bonchev–Trinajstić information content (AvgIpc) is 2.97. The van der Waals surface area contributed by atoms with E-state index in [0.717, 1.165) is 64.5 Å². The Morgan fingerprint density at radius 2 is 1.65 bits per heavy atom. The number of rotatable bonds is 3. The summed E-state index contributed by atoms with van der Waals surface area (Å²) in [5.41, 5.74) is 0.529. The number of likely N-dealkylation sites (tertiary alicyclic amines) is 1. The fraction of sp³-hybridized carbons (Fsp3) is 0.625. The van der Waals surface area contributed by atoms with Crippen LogP contribution in [0.15, 0.2) is 30.3 Å². The van der Waals surface area contributed by atoms with Crippen molar-refractivity contribution < 1.29 is 19.1 Å². The molecule has 1 saturated carbocycles. The number of imide groups is 1. The lowest BCUT2D eigenvalue weighted by atomic mass is 9.81. The largest absolute Gasteiger partial charge is 0.363 e. The minimum atomic E-state index is -0.692. The highest BCUT2D eigenvalue weighted by atomic mass is 16.5. The lowest BCUT2D eigenvalue weighted by Crippen LogP contribution is -2.66. The van der Waals surface area contributed by atoms with Crippen LogP contribution in [-0.4, -0.2) is 65.5 Å². The molecular weight excluding hydrogens is 394 g/mol. The third kappa shape index (κ3) is 3.73. The van der Waals surface area contributed by atoms with Crippen molar-refractivity contribution in [3.8, 4) is 0 Å². The van der Waals surface area contributed by atoms with Crippen molar-refractivity contribution in [3.63, 3.8) is 0 Å². The second-order valence-corrected chi connectivity index (χ2v) is 9.25. The molecule has 4 amide bonds. The van der Waals surface area contributed by atoms with Gasteiger partial charge in [0, 0.05) is 19.0 Å². The summed E-state index contributed by atoms with van der Waals surface area (Å²) in [7, 11) is 0. The van der Waals surface area contributed by atoms with Crippen molar-refractivity contribution >= 4 is 23.5 Å². The quantitative estimate of drug-likeness (QED) is 0.746. The summed E-state index contributed by atoms with van der Waals surface area (Å²) >= 11 is 0. The van der Waals surface area contributed by atoms with Gasteiger partial charge in [0.2, 0.25) is 5.91 Å². The highest BCUT2D eigenvalue weighted by molar-refractivity contribution is 6.18. The molecule has 4 unspecified atom stereocenters. The molecule has 4 fully saturated rings. The van der Waals surface area contributed by atoms with E-state index in [0.29, 0.717) is 5.69 Å². The van der Waals surface area contributed by atoms with E-state index in [1.807, 2.05) is 23.1 Å². The lowest BCUT2D eigenvalue weighted by Gasteiger charge is -2.43. The van der Waals surface area contributed by atoms with E-state index in [-0.39, 0.29) is 36.4 Å². The molecule has 3 heterocycles. The van der Waals surface area contributed by atoms with Crippen molar-refractivity contribution in [1.29, 1.82) is 0 Å². The number of carbonyl (C=O) groups is 3. The Hall–Kier alpha value is -2.41. The smallest absolute Gasteiger partial charge is 0.332 e. The van der Waals surface area contributed by atoms with Gasteiger partial charge in [-0.25, -0.2) is 9.69 Å². The highest BCUT2D eigenvalue weighted by Crippen LogP contribution is 2.43. The topological polar surface area (TPSA) is 70.2 Å². The number of hydrogen-bond donors (Lipinski definition) is 0. The minimum Gasteiger partial charge on any atom is -0.363 e. The van der Waals surface area contributed by atoms with Gasteiger partial charge in [0.05, 0.1) is 17.8 Å². The van der Waals surface area contributed by atoms with Crippen LogP contribution in [-0.2, 0) is 14.3 Å². The van der Waals surface area contributed by atoms with E-state index in [9.17, 15) is 14.4 Å². The predicted molar refractivity (Wildman–Crippen MR) is 115 cm³/mol. The van der Waals surface area contributed by atoms with Crippen molar-refractivity contribution in [2.45, 2.75) is 69.6 Å². The molecule has 0 bridgehead atoms. The molecule has 3 aliphatic heterocycles. The van der Waals surface area contributed by atoms with Crippen LogP contribution in [0.3, 0.4) is 0 Å². The average molecular weight is 426 g/mol. The van der Waals surface area contributed by atoms with Crippen molar-refractivity contribution in [2.24, 2.45) is 5.92 Å². The summed E-state index contributed by atoms with van der Waals surface area (Å²) in [5, 5.41) is 0. The zero-order valence-corrected chi connectivity index (χ0v) is 17.9. The monoisotopic (exact) mass is 425 g/mol. The molecule has 31 heavy (non-hydrogen) atoms. The predicted octanol–water partition coefficient (Wildman–Crippen LogP) is 3.18. The summed E-state index contributed by atoms with van der Waals surface area (Å²) < 4.78 is 6.25. The maximum absolute atomic E-state index is 13.6. The Labute approximate surface area is 183 Å². The van der Waals surface area contributed by atoms with Gasteiger partial charge in [-0.15, -0.1) is 0 Å². The third-order valence-electron chi connectivity index (χ3n) is 7.36. The summed E-state index contributed by atoms with van der Waals surface area (Å²) in [6.45, 7) is 1.51. The van der Waals surface area contributed by atoms with E-state index >= 15 is 0 Å². The molecule has 166 valence electrons. The van der Waals surface area contributed by atoms with Gasteiger partial charge in [-0.3, -0.25) is 9.59 Å². The molecule has 4 aliphatic rings. The van der Waals surface area contributed by atoms with E-state index in [1.165, 1.54) is 4.90 Å². The second kappa shape index (κ2) is 8.61. The normalized spacial score (nSPS) is 31.3. The number of para-hydroxylation sites is 1. The van der Waals surface area contributed by atoms with Gasteiger partial charge in [0.25, 0.3) is 5.91 Å². The molecule has 1 aromatic carbocycles. The Kier molecular flexibility index (Phi) is 5.69. The van der Waals surface area contributed by atoms with Gasteiger partial charge >= 0.3 is 6.03 Å². The molecule has 1 aliphatic carbocycles. The molecule has 7 nitrogen and oxygen atoms in total. The van der Waals surface area contributed by atoms with E-state index in [4.69, 9.17) is 4.74 Å². The standard InChI is InChI=1S/C24H31N3O4/c28-20(25-14-8-1-2-9-15-25)16-26-21-18-12-6-7-13-19(18)31-22(21)23(29)27(24(26)30)17-10-4-3-5-11-17/h3-5,10-11,18-19,21-22H,1-2,6-9,12-16H2. The number of nitrogens with zero attached hydrogens (tertiary/aromatic N) is 3. The summed E-state index contributed by atoms with van der Waals surface area (Å²) in [6.07, 6.45) is 7.61. The number of amides is 4. The number of ether oxygens (including phenoxy) is 1. The Bertz CT molecular complexity index is 836. The van der Waals surface area contributed by atoms with Crippen molar-refractivity contribution in [2.75, 3.05) is 24.5 Å². The number of benzene rings is 1. The van der Waals surface area contributed by atoms with Crippen molar-refractivity contribution in [1.82, 2.24) is 9.80 Å². The summed E-state index contributed by atoms with van der Waals surface area (Å²) in [4.78, 5) is 45.0. The minimum absolute atomic E-state index is 0.00740. The number of carbonyl (C=O) groups excluding carboxylic acids is 3. The van der Waals surface area contributed by atoms with Crippen LogP contribution in [0.4, 0.5) is 10.5 Å². The van der Waals surface area contributed by atoms with Gasteiger partial charge in [-0.05, 0) is 37.8 Å². The maximum Gasteiger partial charge on any atom is 0.332 e. The summed E-state index contributed by atoms with van der Waals surface area (Å²) in [6, 6.07) is 8.25. The number of urea groups is 1. The molecule has 0 radical (unpaired) electrons. The molecule has 3 saturated heterocycles. The molecule has 0 spiro atoms. The fourth-order valence-corrected chi connectivity index (χ4v) is 5.81. The lowest BCUT2D eigenvalue weighted by molar-refractivity contribution is -0.137. The zero-order valence-electron chi connectivity index (χ0n) is 17.9. The van der Waals surface area contributed by atoms with Gasteiger partial charge < -0.3 is 14.5 Å². The first kappa shape index (κ1) is 20.5. The molecule has 0 aromatic heterocycles. The van der Waals surface area contributed by atoms with E-state index < -0.39 is 12.1 Å². The van der Waals surface area contributed by atoms with Gasteiger partial charge in [-0.2, -0.15) is 0 Å². The Balaban J connectivity index is 1.46. The fourth-order valence-electron chi connectivity index (χ4n) is 5.81. The number of fused-ring (bicyclic) bond motifs is 3. The van der Waals surface area contributed by atoms with Gasteiger partial charge in [0.15, 0.2) is 6.10 Å². The first-order chi connectivity index (χ1) is 15.1. The highest BCUT2D eigenvalue weighted by Gasteiger charge is 2.58. The first-order valence-corrected chi connectivity index (χ1v) is 11.8. The van der Waals surface area contributed by atoms with Gasteiger partial charge in [0.1, 0.15) is 6.54 Å². The molecule has 0 N–H and O–H groups in total. The van der Waals surface area contributed by atoms with Crippen LogP contribution >= 0.6 is 0 Å². The number of anilines is 1. The van der Waals surface area contributed by atoms with Crippen LogP contribution in [0.1, 0.15) is 51.4 Å². The Morgan fingerprint density at radius 3 is 2.39 bits per heavy atom. The number of hydrogen-bond acceptors (Lipinski definition) is 4. The zero-order chi connectivity index (χ0) is 21.4. The van der Waals surface area contributed by atoms with Crippen LogP contribution in [0.5, 0.6) is 0 Å². The van der Waals surface area contributed by atoms with Crippen LogP contribution < -0.4 is 4.90 Å². The molecule has 5 rings (SSSR count). The SMILES string of the molecule is O=C(CN1C(=O)N(c2ccccc2)C(=O)C2OC3CCCCC3C21)N1CCCCCC1. The molecule has 4 atom stereocenters. The van der Waals surface area contributed by atoms with E-state index in [1.54, 1.807) is 17.0 Å². The summed E-state index contributed by atoms with van der Waals surface area (Å²) in [5.74, 6) is -0.189. The second-order valence-electron chi connectivity index (χ2n) is 9.25. The Morgan fingerprint density at radius 1 is 0.935 bits per heavy atom. The molecular formula is C24H31N3O4. The molecule has 7 heteroatoms. The van der Waals surface area contributed by atoms with Crippen LogP contribution in [0.25, 0.3) is 0 Å². The van der Waals surface area contributed by atoms with Gasteiger partial charge in [-0.1, -0.05) is 43.9 Å². The first-order valence-electron chi connectivity index (χ1n) is 11.8.